The van der Waals surface area contributed by atoms with Crippen LogP contribution in [0.2, 0.25) is 0 Å². The Hall–Kier alpha value is -0.0600. The highest BCUT2D eigenvalue weighted by Crippen LogP contribution is 2.13. The van der Waals surface area contributed by atoms with Crippen molar-refractivity contribution in [3.8, 4) is 0 Å². The van der Waals surface area contributed by atoms with Crippen LogP contribution in [-0.2, 0) is 13.8 Å². The second kappa shape index (κ2) is 4.25. The van der Waals surface area contributed by atoms with Crippen molar-refractivity contribution in [3.05, 3.63) is 11.6 Å². The first-order chi connectivity index (χ1) is 5.58. The molecule has 0 atom stereocenters. The van der Waals surface area contributed by atoms with Crippen molar-refractivity contribution in [2.24, 2.45) is 0 Å². The van der Waals surface area contributed by atoms with E-state index >= 15 is 0 Å². The molecule has 70 valence electrons. The normalized spacial score (nSPS) is 18.9. The molecule has 0 aromatic rings. The van der Waals surface area contributed by atoms with E-state index in [1.54, 1.807) is 0 Å². The topological polar surface area (TPSA) is 43.4 Å². The van der Waals surface area contributed by atoms with Gasteiger partial charge in [0.05, 0.1) is 19.0 Å². The van der Waals surface area contributed by atoms with E-state index < -0.39 is 9.05 Å². The molecular formula is C7H11ClO3S. The molecule has 0 saturated carbocycles. The SMILES string of the molecule is O=S(=O)(Cl)CCC1=CCOCC1. The van der Waals surface area contributed by atoms with E-state index in [4.69, 9.17) is 15.4 Å². The summed E-state index contributed by atoms with van der Waals surface area (Å²) in [6, 6.07) is 0. The molecule has 0 aromatic carbocycles. The van der Waals surface area contributed by atoms with E-state index in [9.17, 15) is 8.42 Å². The fourth-order valence-corrected chi connectivity index (χ4v) is 1.78. The van der Waals surface area contributed by atoms with E-state index in [2.05, 4.69) is 0 Å². The summed E-state index contributed by atoms with van der Waals surface area (Å²) in [6.45, 7) is 1.28. The van der Waals surface area contributed by atoms with Gasteiger partial charge in [-0.2, -0.15) is 0 Å². The highest BCUT2D eigenvalue weighted by Gasteiger charge is 2.09. The van der Waals surface area contributed by atoms with E-state index in [0.717, 1.165) is 12.0 Å². The largest absolute Gasteiger partial charge is 0.377 e. The lowest BCUT2D eigenvalue weighted by atomic mass is 10.1. The molecule has 0 unspecified atom stereocenters. The highest BCUT2D eigenvalue weighted by atomic mass is 35.7. The third-order valence-corrected chi connectivity index (χ3v) is 2.88. The van der Waals surface area contributed by atoms with Crippen LogP contribution in [0.15, 0.2) is 11.6 Å². The highest BCUT2D eigenvalue weighted by molar-refractivity contribution is 8.13. The van der Waals surface area contributed by atoms with Gasteiger partial charge in [0, 0.05) is 10.7 Å². The van der Waals surface area contributed by atoms with Gasteiger partial charge in [-0.1, -0.05) is 11.6 Å². The van der Waals surface area contributed by atoms with Gasteiger partial charge >= 0.3 is 0 Å². The molecule has 0 fully saturated rings. The molecule has 3 nitrogen and oxygen atoms in total. The van der Waals surface area contributed by atoms with Crippen LogP contribution in [0.1, 0.15) is 12.8 Å². The van der Waals surface area contributed by atoms with Crippen molar-refractivity contribution in [3.63, 3.8) is 0 Å². The molecule has 1 aliphatic heterocycles. The molecule has 12 heavy (non-hydrogen) atoms. The Morgan fingerprint density at radius 3 is 2.83 bits per heavy atom. The lowest BCUT2D eigenvalue weighted by molar-refractivity contribution is 0.153. The maximum absolute atomic E-state index is 10.6. The van der Waals surface area contributed by atoms with E-state index in [1.165, 1.54) is 0 Å². The first-order valence-electron chi connectivity index (χ1n) is 3.76. The predicted molar refractivity (Wildman–Crippen MR) is 47.8 cm³/mol. The van der Waals surface area contributed by atoms with Crippen molar-refractivity contribution < 1.29 is 13.2 Å². The summed E-state index contributed by atoms with van der Waals surface area (Å²) < 4.78 is 26.2. The van der Waals surface area contributed by atoms with Gasteiger partial charge in [-0.15, -0.1) is 0 Å². The van der Waals surface area contributed by atoms with Gasteiger partial charge in [0.15, 0.2) is 0 Å². The van der Waals surface area contributed by atoms with E-state index in [0.29, 0.717) is 19.6 Å². The quantitative estimate of drug-likeness (QED) is 0.521. The lowest BCUT2D eigenvalue weighted by Crippen LogP contribution is -2.07. The molecule has 1 aliphatic rings. The van der Waals surface area contributed by atoms with Crippen molar-refractivity contribution in [2.45, 2.75) is 12.8 Å². The number of halogens is 1. The molecule has 0 N–H and O–H groups in total. The van der Waals surface area contributed by atoms with Crippen LogP contribution < -0.4 is 0 Å². The Bertz CT molecular complexity index is 268. The zero-order valence-electron chi connectivity index (χ0n) is 6.62. The van der Waals surface area contributed by atoms with Gasteiger partial charge in [-0.25, -0.2) is 8.42 Å². The summed E-state index contributed by atoms with van der Waals surface area (Å²) in [5.74, 6) is 0.0282. The number of hydrogen-bond donors (Lipinski definition) is 0. The van der Waals surface area contributed by atoms with Crippen molar-refractivity contribution in [1.82, 2.24) is 0 Å². The van der Waals surface area contributed by atoms with Crippen LogP contribution >= 0.6 is 10.7 Å². The second-order valence-corrected chi connectivity index (χ2v) is 5.58. The maximum Gasteiger partial charge on any atom is 0.232 e. The third-order valence-electron chi connectivity index (χ3n) is 1.72. The molecule has 0 aliphatic carbocycles. The van der Waals surface area contributed by atoms with Crippen molar-refractivity contribution in [1.29, 1.82) is 0 Å². The van der Waals surface area contributed by atoms with Crippen molar-refractivity contribution >= 4 is 19.7 Å². The van der Waals surface area contributed by atoms with Crippen LogP contribution in [0, 0.1) is 0 Å². The minimum atomic E-state index is -3.33. The Morgan fingerprint density at radius 1 is 1.58 bits per heavy atom. The Balaban J connectivity index is 2.36. The summed E-state index contributed by atoms with van der Waals surface area (Å²) in [7, 11) is 1.73. The minimum absolute atomic E-state index is 0.0282. The van der Waals surface area contributed by atoms with Crippen LogP contribution in [0.5, 0.6) is 0 Å². The average Bonchev–Trinajstić information content (AvgIpc) is 2.02. The molecule has 0 spiro atoms. The minimum Gasteiger partial charge on any atom is -0.377 e. The van der Waals surface area contributed by atoms with Gasteiger partial charge in [-0.3, -0.25) is 0 Å². The number of rotatable bonds is 3. The standard InChI is InChI=1S/C7H11ClO3S/c8-12(9,10)6-3-7-1-4-11-5-2-7/h1H,2-6H2. The third kappa shape index (κ3) is 4.09. The maximum atomic E-state index is 10.6. The molecule has 1 heterocycles. The first kappa shape index (κ1) is 10.0. The van der Waals surface area contributed by atoms with Crippen LogP contribution in [-0.4, -0.2) is 27.4 Å². The van der Waals surface area contributed by atoms with Crippen LogP contribution in [0.4, 0.5) is 0 Å². The van der Waals surface area contributed by atoms with E-state index in [-0.39, 0.29) is 5.75 Å². The molecular weight excluding hydrogens is 200 g/mol. The molecule has 5 heteroatoms. The monoisotopic (exact) mass is 210 g/mol. The van der Waals surface area contributed by atoms with Gasteiger partial charge in [-0.05, 0) is 12.8 Å². The fourth-order valence-electron chi connectivity index (χ4n) is 1.05. The fraction of sp³-hybridized carbons (Fsp3) is 0.714. The second-order valence-electron chi connectivity index (χ2n) is 2.68. The molecule has 1 rings (SSSR count). The molecule has 0 saturated heterocycles. The summed E-state index contributed by atoms with van der Waals surface area (Å²) >= 11 is 0. The zero-order chi connectivity index (χ0) is 9.03. The van der Waals surface area contributed by atoms with Crippen LogP contribution in [0.3, 0.4) is 0 Å². The van der Waals surface area contributed by atoms with Gasteiger partial charge in [0.1, 0.15) is 0 Å². The Labute approximate surface area is 76.8 Å². The van der Waals surface area contributed by atoms with Gasteiger partial charge in [0.25, 0.3) is 0 Å². The summed E-state index contributed by atoms with van der Waals surface area (Å²) in [5.41, 5.74) is 1.13. The van der Waals surface area contributed by atoms with Gasteiger partial charge in [0.2, 0.25) is 9.05 Å². The predicted octanol–water partition coefficient (Wildman–Crippen LogP) is 1.29. The summed E-state index contributed by atoms with van der Waals surface area (Å²) in [4.78, 5) is 0. The average molecular weight is 211 g/mol. The first-order valence-corrected chi connectivity index (χ1v) is 6.24. The molecule has 0 radical (unpaired) electrons. The molecule has 0 aromatic heterocycles. The zero-order valence-corrected chi connectivity index (χ0v) is 8.20. The van der Waals surface area contributed by atoms with Crippen molar-refractivity contribution in [2.75, 3.05) is 19.0 Å². The lowest BCUT2D eigenvalue weighted by Gasteiger charge is -2.12. The van der Waals surface area contributed by atoms with E-state index in [1.807, 2.05) is 6.08 Å². The molecule has 0 amide bonds. The summed E-state index contributed by atoms with van der Waals surface area (Å²) in [6.07, 6.45) is 3.28. The Morgan fingerprint density at radius 2 is 2.33 bits per heavy atom. The van der Waals surface area contributed by atoms with Gasteiger partial charge < -0.3 is 4.74 Å². The number of ether oxygens (including phenoxy) is 1. The smallest absolute Gasteiger partial charge is 0.232 e. The van der Waals surface area contributed by atoms with Crippen LogP contribution in [0.25, 0.3) is 0 Å². The summed E-state index contributed by atoms with van der Waals surface area (Å²) in [5, 5.41) is 0. The number of hydrogen-bond acceptors (Lipinski definition) is 3. The Kier molecular flexibility index (Phi) is 3.55. The molecule has 0 bridgehead atoms.